The molecule has 3 heterocycles. The fourth-order valence-corrected chi connectivity index (χ4v) is 3.79. The Morgan fingerprint density at radius 1 is 1.09 bits per heavy atom. The van der Waals surface area contributed by atoms with Crippen LogP contribution in [-0.2, 0) is 24.3 Å². The van der Waals surface area contributed by atoms with Crippen LogP contribution >= 0.6 is 0 Å². The van der Waals surface area contributed by atoms with Crippen LogP contribution in [-0.4, -0.2) is 20.0 Å². The lowest BCUT2D eigenvalue weighted by Crippen LogP contribution is -2.41. The lowest BCUT2D eigenvalue weighted by molar-refractivity contribution is -0.118. The Balaban J connectivity index is 1.67. The van der Waals surface area contributed by atoms with Crippen LogP contribution in [0.5, 0.6) is 0 Å². The Hall–Kier alpha value is -4.27. The summed E-state index contributed by atoms with van der Waals surface area (Å²) in [6, 6.07) is 14.9. The highest BCUT2D eigenvalue weighted by Crippen LogP contribution is 2.22. The first-order valence-corrected chi connectivity index (χ1v) is 11.2. The first-order chi connectivity index (χ1) is 16.5. The fourth-order valence-electron chi connectivity index (χ4n) is 3.79. The van der Waals surface area contributed by atoms with Crippen molar-refractivity contribution in [2.75, 3.05) is 10.6 Å². The van der Waals surface area contributed by atoms with Crippen LogP contribution in [0.1, 0.15) is 31.1 Å². The molecule has 9 heteroatoms. The molecule has 3 N–H and O–H groups in total. The van der Waals surface area contributed by atoms with Crippen molar-refractivity contribution in [3.63, 3.8) is 0 Å². The fraction of sp³-hybridized carbons (Fsp3) is 0.240. The van der Waals surface area contributed by atoms with Crippen molar-refractivity contribution in [2.45, 2.75) is 39.3 Å². The van der Waals surface area contributed by atoms with Crippen molar-refractivity contribution in [3.05, 3.63) is 99.3 Å². The van der Waals surface area contributed by atoms with E-state index in [1.165, 1.54) is 15.7 Å². The molecule has 0 atom stereocenters. The average molecular weight is 462 g/mol. The second-order valence-electron chi connectivity index (χ2n) is 7.99. The zero-order valence-electron chi connectivity index (χ0n) is 18.9. The number of carbonyl (C=O) groups excluding carboxylic acids is 1. The van der Waals surface area contributed by atoms with Gasteiger partial charge in [-0.3, -0.25) is 24.0 Å². The SMILES string of the molecule is CCCCn1c(N)c(N(Cc2ccco2)C(=O)Cc2ccc(-n3cccc3)cc2)c(=O)[nH]c1=O. The molecule has 0 saturated heterocycles. The molecule has 4 aromatic rings. The van der Waals surface area contributed by atoms with Gasteiger partial charge in [-0.15, -0.1) is 0 Å². The monoisotopic (exact) mass is 461 g/mol. The van der Waals surface area contributed by atoms with E-state index >= 15 is 0 Å². The molecule has 1 amide bonds. The maximum Gasteiger partial charge on any atom is 0.330 e. The minimum atomic E-state index is -0.710. The van der Waals surface area contributed by atoms with E-state index < -0.39 is 11.2 Å². The Morgan fingerprint density at radius 3 is 2.47 bits per heavy atom. The summed E-state index contributed by atoms with van der Waals surface area (Å²) >= 11 is 0. The molecule has 9 nitrogen and oxygen atoms in total. The third kappa shape index (κ3) is 4.88. The van der Waals surface area contributed by atoms with Crippen molar-refractivity contribution in [1.29, 1.82) is 0 Å². The van der Waals surface area contributed by atoms with E-state index in [0.29, 0.717) is 18.7 Å². The van der Waals surface area contributed by atoms with Crippen molar-refractivity contribution in [2.24, 2.45) is 0 Å². The lowest BCUT2D eigenvalue weighted by atomic mass is 10.1. The molecule has 0 saturated carbocycles. The standard InChI is InChI=1S/C25H27N5O4/c1-2-3-14-29-23(26)22(24(32)27-25(29)33)30(17-20-7-6-15-34-20)21(31)16-18-8-10-19(11-9-18)28-12-4-5-13-28/h4-13,15H,2-3,14,16-17,26H2,1H3,(H,27,32,33). The summed E-state index contributed by atoms with van der Waals surface area (Å²) in [6.45, 7) is 2.34. The smallest absolute Gasteiger partial charge is 0.330 e. The molecule has 0 spiro atoms. The molecular formula is C25H27N5O4. The van der Waals surface area contributed by atoms with Crippen LogP contribution in [0, 0.1) is 0 Å². The van der Waals surface area contributed by atoms with Crippen LogP contribution < -0.4 is 21.9 Å². The number of hydrogen-bond donors (Lipinski definition) is 2. The molecule has 4 rings (SSSR count). The van der Waals surface area contributed by atoms with Crippen LogP contribution in [0.15, 0.2) is 81.2 Å². The van der Waals surface area contributed by atoms with Gasteiger partial charge in [0.25, 0.3) is 5.56 Å². The molecule has 3 aromatic heterocycles. The first kappa shape index (κ1) is 22.9. The Morgan fingerprint density at radius 2 is 1.82 bits per heavy atom. The number of aromatic nitrogens is 3. The van der Waals surface area contributed by atoms with Gasteiger partial charge < -0.3 is 14.7 Å². The highest BCUT2D eigenvalue weighted by Gasteiger charge is 2.25. The van der Waals surface area contributed by atoms with E-state index in [1.807, 2.05) is 60.3 Å². The van der Waals surface area contributed by atoms with Crippen LogP contribution in [0.3, 0.4) is 0 Å². The number of furan rings is 1. The number of amides is 1. The zero-order chi connectivity index (χ0) is 24.1. The molecule has 0 radical (unpaired) electrons. The highest BCUT2D eigenvalue weighted by molar-refractivity contribution is 5.96. The van der Waals surface area contributed by atoms with Crippen molar-refractivity contribution < 1.29 is 9.21 Å². The predicted octanol–water partition coefficient (Wildman–Crippen LogP) is 3.08. The van der Waals surface area contributed by atoms with Crippen molar-refractivity contribution in [1.82, 2.24) is 14.1 Å². The van der Waals surface area contributed by atoms with Gasteiger partial charge in [-0.2, -0.15) is 0 Å². The summed E-state index contributed by atoms with van der Waals surface area (Å²) in [5, 5.41) is 0. The van der Waals surface area contributed by atoms with E-state index in [-0.39, 0.29) is 30.4 Å². The van der Waals surface area contributed by atoms with Crippen LogP contribution in [0.4, 0.5) is 11.5 Å². The van der Waals surface area contributed by atoms with Gasteiger partial charge in [-0.05, 0) is 48.4 Å². The quantitative estimate of drug-likeness (QED) is 0.397. The second kappa shape index (κ2) is 10.1. The van der Waals surface area contributed by atoms with E-state index in [4.69, 9.17) is 10.2 Å². The number of unbranched alkanes of at least 4 members (excludes halogenated alkanes) is 1. The summed E-state index contributed by atoms with van der Waals surface area (Å²) in [7, 11) is 0. The maximum atomic E-state index is 13.5. The second-order valence-corrected chi connectivity index (χ2v) is 7.99. The molecule has 34 heavy (non-hydrogen) atoms. The molecular weight excluding hydrogens is 434 g/mol. The minimum absolute atomic E-state index is 0.00649. The van der Waals surface area contributed by atoms with E-state index in [0.717, 1.165) is 17.7 Å². The normalized spacial score (nSPS) is 11.0. The number of carbonyl (C=O) groups is 1. The molecule has 0 aliphatic rings. The van der Waals surface area contributed by atoms with Gasteiger partial charge in [0.2, 0.25) is 5.91 Å². The third-order valence-electron chi connectivity index (χ3n) is 5.61. The number of nitrogen functional groups attached to an aromatic ring is 1. The number of nitrogens with zero attached hydrogens (tertiary/aromatic N) is 3. The number of anilines is 2. The van der Waals surface area contributed by atoms with E-state index in [2.05, 4.69) is 4.98 Å². The highest BCUT2D eigenvalue weighted by atomic mass is 16.3. The number of aromatic amines is 1. The van der Waals surface area contributed by atoms with Gasteiger partial charge >= 0.3 is 5.69 Å². The largest absolute Gasteiger partial charge is 0.467 e. The number of hydrogen-bond acceptors (Lipinski definition) is 5. The predicted molar refractivity (Wildman–Crippen MR) is 130 cm³/mol. The molecule has 0 aliphatic carbocycles. The molecule has 176 valence electrons. The minimum Gasteiger partial charge on any atom is -0.467 e. The van der Waals surface area contributed by atoms with Crippen LogP contribution in [0.25, 0.3) is 5.69 Å². The van der Waals surface area contributed by atoms with E-state index in [1.54, 1.807) is 12.1 Å². The number of benzene rings is 1. The summed E-state index contributed by atoms with van der Waals surface area (Å²) < 4.78 is 8.69. The number of nitrogens with two attached hydrogens (primary N) is 1. The molecule has 1 aromatic carbocycles. The van der Waals surface area contributed by atoms with Gasteiger partial charge in [0.1, 0.15) is 11.6 Å². The third-order valence-corrected chi connectivity index (χ3v) is 5.61. The van der Waals surface area contributed by atoms with Gasteiger partial charge in [-0.25, -0.2) is 4.79 Å². The molecule has 0 unspecified atom stereocenters. The molecule has 0 bridgehead atoms. The molecule has 0 aliphatic heterocycles. The summed E-state index contributed by atoms with van der Waals surface area (Å²) in [6.07, 6.45) is 6.96. The van der Waals surface area contributed by atoms with Gasteiger partial charge in [0.15, 0.2) is 5.69 Å². The summed E-state index contributed by atoms with van der Waals surface area (Å²) in [4.78, 5) is 42.2. The van der Waals surface area contributed by atoms with Crippen molar-refractivity contribution >= 4 is 17.4 Å². The van der Waals surface area contributed by atoms with Gasteiger partial charge in [-0.1, -0.05) is 25.5 Å². The molecule has 0 fully saturated rings. The number of nitrogens with one attached hydrogen (secondary N) is 1. The Labute approximate surface area is 196 Å². The number of H-pyrrole nitrogens is 1. The number of rotatable bonds is 9. The zero-order valence-corrected chi connectivity index (χ0v) is 18.9. The van der Waals surface area contributed by atoms with E-state index in [9.17, 15) is 14.4 Å². The topological polar surface area (TPSA) is 119 Å². The average Bonchev–Trinajstić information content (AvgIpc) is 3.53. The van der Waals surface area contributed by atoms with Gasteiger partial charge in [0.05, 0.1) is 19.2 Å². The maximum absolute atomic E-state index is 13.5. The Bertz CT molecular complexity index is 1350. The summed E-state index contributed by atoms with van der Waals surface area (Å²) in [5.41, 5.74) is 6.67. The lowest BCUT2D eigenvalue weighted by Gasteiger charge is -2.24. The van der Waals surface area contributed by atoms with Gasteiger partial charge in [0, 0.05) is 24.6 Å². The van der Waals surface area contributed by atoms with Crippen LogP contribution in [0.2, 0.25) is 0 Å². The van der Waals surface area contributed by atoms with Crippen molar-refractivity contribution in [3.8, 4) is 5.69 Å². The summed E-state index contributed by atoms with van der Waals surface area (Å²) in [5.74, 6) is 0.106. The Kier molecular flexibility index (Phi) is 6.82. The first-order valence-electron chi connectivity index (χ1n) is 11.2.